The molecule has 154 valence electrons. The van der Waals surface area contributed by atoms with Crippen LogP contribution in [0.4, 0.5) is 0 Å². The lowest BCUT2D eigenvalue weighted by molar-refractivity contribution is -0.132. The number of halogens is 1. The van der Waals surface area contributed by atoms with Crippen molar-refractivity contribution < 1.29 is 9.90 Å². The van der Waals surface area contributed by atoms with E-state index in [1.54, 1.807) is 6.92 Å². The van der Waals surface area contributed by atoms with Gasteiger partial charge < -0.3 is 5.11 Å². The zero-order chi connectivity index (χ0) is 21.3. The molecule has 3 aromatic carbocycles. The molecule has 0 saturated heterocycles. The van der Waals surface area contributed by atoms with E-state index in [4.69, 9.17) is 0 Å². The molecule has 0 bridgehead atoms. The number of aliphatic carboxylic acids is 1. The Morgan fingerprint density at radius 1 is 0.867 bits per heavy atom. The lowest BCUT2D eigenvalue weighted by Gasteiger charge is -2.31. The molecule has 30 heavy (non-hydrogen) atoms. The van der Waals surface area contributed by atoms with Crippen molar-refractivity contribution in [1.29, 1.82) is 0 Å². The Bertz CT molecular complexity index is 927. The quantitative estimate of drug-likeness (QED) is 0.390. The maximum atomic E-state index is 11.6. The first-order valence-electron chi connectivity index (χ1n) is 9.99. The molecule has 0 aliphatic heterocycles. The standard InChI is InChI=1S/C26H26BrNO2/c1-20(26(29)30)16-25(17-21-12-14-24(27)15-13-21)28(18-22-8-4-2-5-9-22)19-23-10-6-3-7-11-23/h2-16,25H,17-19H2,1H3,(H,29,30)/b20-16+/t25-/m0/s1. The number of nitrogens with zero attached hydrogens (tertiary/aromatic N) is 1. The van der Waals surface area contributed by atoms with E-state index < -0.39 is 5.97 Å². The van der Waals surface area contributed by atoms with Crippen LogP contribution in [0, 0.1) is 0 Å². The van der Waals surface area contributed by atoms with Gasteiger partial charge in [-0.05, 0) is 42.2 Å². The van der Waals surface area contributed by atoms with E-state index in [2.05, 4.69) is 57.2 Å². The van der Waals surface area contributed by atoms with Crippen molar-refractivity contribution in [3.63, 3.8) is 0 Å². The summed E-state index contributed by atoms with van der Waals surface area (Å²) >= 11 is 3.49. The highest BCUT2D eigenvalue weighted by atomic mass is 79.9. The lowest BCUT2D eigenvalue weighted by Crippen LogP contribution is -2.35. The molecule has 1 N–H and O–H groups in total. The van der Waals surface area contributed by atoms with Gasteiger partial charge in [0.05, 0.1) is 0 Å². The summed E-state index contributed by atoms with van der Waals surface area (Å²) in [4.78, 5) is 13.9. The highest BCUT2D eigenvalue weighted by Crippen LogP contribution is 2.20. The molecule has 0 heterocycles. The van der Waals surface area contributed by atoms with Gasteiger partial charge in [-0.15, -0.1) is 0 Å². The SMILES string of the molecule is C/C(=C\[C@@H](Cc1ccc(Br)cc1)N(Cc1ccccc1)Cc1ccccc1)C(=O)O. The molecule has 0 amide bonds. The molecule has 0 aromatic heterocycles. The number of hydrogen-bond acceptors (Lipinski definition) is 2. The van der Waals surface area contributed by atoms with Crippen molar-refractivity contribution in [3.8, 4) is 0 Å². The third-order valence-corrected chi connectivity index (χ3v) is 5.59. The molecular formula is C26H26BrNO2. The highest BCUT2D eigenvalue weighted by Gasteiger charge is 2.19. The minimum absolute atomic E-state index is 0.0531. The van der Waals surface area contributed by atoms with Crippen molar-refractivity contribution in [3.05, 3.63) is 118 Å². The van der Waals surface area contributed by atoms with E-state index in [0.29, 0.717) is 5.57 Å². The van der Waals surface area contributed by atoms with Crippen molar-refractivity contribution in [2.45, 2.75) is 32.5 Å². The summed E-state index contributed by atoms with van der Waals surface area (Å²) in [5.74, 6) is -0.879. The number of carboxylic acids is 1. The van der Waals surface area contributed by atoms with Gasteiger partial charge in [0.15, 0.2) is 0 Å². The monoisotopic (exact) mass is 463 g/mol. The first-order chi connectivity index (χ1) is 14.5. The fourth-order valence-electron chi connectivity index (χ4n) is 3.44. The van der Waals surface area contributed by atoms with E-state index in [1.165, 1.54) is 16.7 Å². The van der Waals surface area contributed by atoms with Crippen molar-refractivity contribution in [1.82, 2.24) is 4.90 Å². The van der Waals surface area contributed by atoms with Crippen LogP contribution in [0.15, 0.2) is 101 Å². The van der Waals surface area contributed by atoms with Gasteiger partial charge in [-0.25, -0.2) is 4.79 Å². The summed E-state index contributed by atoms with van der Waals surface area (Å²) in [7, 11) is 0. The summed E-state index contributed by atoms with van der Waals surface area (Å²) in [5.41, 5.74) is 3.94. The fourth-order valence-corrected chi connectivity index (χ4v) is 3.71. The van der Waals surface area contributed by atoms with Crippen LogP contribution in [0.1, 0.15) is 23.6 Å². The molecule has 4 heteroatoms. The number of benzene rings is 3. The van der Waals surface area contributed by atoms with Crippen molar-refractivity contribution in [2.75, 3.05) is 0 Å². The summed E-state index contributed by atoms with van der Waals surface area (Å²) in [6.45, 7) is 3.14. The van der Waals surface area contributed by atoms with Crippen molar-refractivity contribution in [2.24, 2.45) is 0 Å². The largest absolute Gasteiger partial charge is 0.478 e. The Morgan fingerprint density at radius 3 is 1.83 bits per heavy atom. The van der Waals surface area contributed by atoms with E-state index in [1.807, 2.05) is 54.6 Å². The van der Waals surface area contributed by atoms with Crippen LogP contribution >= 0.6 is 15.9 Å². The molecule has 0 aliphatic rings. The van der Waals surface area contributed by atoms with E-state index in [9.17, 15) is 9.90 Å². The maximum absolute atomic E-state index is 11.6. The van der Waals surface area contributed by atoms with Gasteiger partial charge in [0.1, 0.15) is 0 Å². The number of rotatable bonds is 9. The highest BCUT2D eigenvalue weighted by molar-refractivity contribution is 9.10. The Hall–Kier alpha value is -2.69. The molecule has 0 unspecified atom stereocenters. The Labute approximate surface area is 186 Å². The van der Waals surface area contributed by atoms with Crippen LogP contribution in [0.5, 0.6) is 0 Å². The van der Waals surface area contributed by atoms with Gasteiger partial charge in [0.2, 0.25) is 0 Å². The predicted octanol–water partition coefficient (Wildman–Crippen LogP) is 6.09. The van der Waals surface area contributed by atoms with Crippen LogP contribution in [-0.4, -0.2) is 22.0 Å². The minimum atomic E-state index is -0.879. The maximum Gasteiger partial charge on any atom is 0.331 e. The lowest BCUT2D eigenvalue weighted by atomic mass is 10.0. The number of carbonyl (C=O) groups is 1. The van der Waals surface area contributed by atoms with Crippen LogP contribution < -0.4 is 0 Å². The molecule has 0 spiro atoms. The second kappa shape index (κ2) is 10.9. The van der Waals surface area contributed by atoms with Crippen LogP contribution in [0.2, 0.25) is 0 Å². The molecular weight excluding hydrogens is 438 g/mol. The predicted molar refractivity (Wildman–Crippen MR) is 125 cm³/mol. The average Bonchev–Trinajstić information content (AvgIpc) is 2.75. The van der Waals surface area contributed by atoms with E-state index >= 15 is 0 Å². The molecule has 0 aliphatic carbocycles. The average molecular weight is 464 g/mol. The Balaban J connectivity index is 1.95. The molecule has 0 radical (unpaired) electrons. The summed E-state index contributed by atoms with van der Waals surface area (Å²) in [6, 6.07) is 28.8. The topological polar surface area (TPSA) is 40.5 Å². The van der Waals surface area contributed by atoms with Crippen LogP contribution in [0.25, 0.3) is 0 Å². The smallest absolute Gasteiger partial charge is 0.331 e. The molecule has 1 atom stereocenters. The molecule has 3 nitrogen and oxygen atoms in total. The van der Waals surface area contributed by atoms with Crippen molar-refractivity contribution >= 4 is 21.9 Å². The summed E-state index contributed by atoms with van der Waals surface area (Å²) in [6.07, 6.45) is 2.62. The Kier molecular flexibility index (Phi) is 8.00. The van der Waals surface area contributed by atoms with Gasteiger partial charge in [0.25, 0.3) is 0 Å². The van der Waals surface area contributed by atoms with E-state index in [-0.39, 0.29) is 6.04 Å². The summed E-state index contributed by atoms with van der Waals surface area (Å²) in [5, 5.41) is 9.50. The first-order valence-corrected chi connectivity index (χ1v) is 10.8. The molecule has 3 rings (SSSR count). The van der Waals surface area contributed by atoms with Crippen LogP contribution in [-0.2, 0) is 24.3 Å². The van der Waals surface area contributed by atoms with Gasteiger partial charge >= 0.3 is 5.97 Å². The van der Waals surface area contributed by atoms with Gasteiger partial charge in [-0.2, -0.15) is 0 Å². The second-order valence-corrected chi connectivity index (χ2v) is 8.34. The normalized spacial score (nSPS) is 12.7. The van der Waals surface area contributed by atoms with Gasteiger partial charge in [-0.3, -0.25) is 4.90 Å². The summed E-state index contributed by atoms with van der Waals surface area (Å²) < 4.78 is 1.03. The zero-order valence-corrected chi connectivity index (χ0v) is 18.6. The third kappa shape index (κ3) is 6.68. The molecule has 0 fully saturated rings. The third-order valence-electron chi connectivity index (χ3n) is 5.06. The first kappa shape index (κ1) is 22.0. The zero-order valence-electron chi connectivity index (χ0n) is 17.0. The number of hydrogen-bond donors (Lipinski definition) is 1. The van der Waals surface area contributed by atoms with E-state index in [0.717, 1.165) is 24.0 Å². The fraction of sp³-hybridized carbons (Fsp3) is 0.192. The molecule has 0 saturated carbocycles. The van der Waals surface area contributed by atoms with Gasteiger partial charge in [0, 0.05) is 29.2 Å². The number of carboxylic acid groups (broad SMARTS) is 1. The Morgan fingerprint density at radius 2 is 1.37 bits per heavy atom. The minimum Gasteiger partial charge on any atom is -0.478 e. The molecule has 3 aromatic rings. The van der Waals surface area contributed by atoms with Crippen LogP contribution in [0.3, 0.4) is 0 Å². The van der Waals surface area contributed by atoms with Gasteiger partial charge in [-0.1, -0.05) is 94.8 Å². The second-order valence-electron chi connectivity index (χ2n) is 7.43.